The van der Waals surface area contributed by atoms with Crippen molar-refractivity contribution in [3.05, 3.63) is 118 Å². The molecule has 0 amide bonds. The van der Waals surface area contributed by atoms with Crippen molar-refractivity contribution in [2.75, 3.05) is 18.0 Å². The number of Topliss-reactive ketones (excluding diaryl/α,β-unsaturated/α-hetero) is 2. The number of carbonyl (C=O) groups is 2. The molecule has 0 aliphatic rings. The Labute approximate surface area is 206 Å². The number of benzene rings is 3. The molecule has 0 bridgehead atoms. The van der Waals surface area contributed by atoms with Gasteiger partial charge in [-0.1, -0.05) is 99.9 Å². The predicted molar refractivity (Wildman–Crippen MR) is 138 cm³/mol. The van der Waals surface area contributed by atoms with Crippen molar-refractivity contribution in [1.29, 1.82) is 0 Å². The fourth-order valence-corrected chi connectivity index (χ4v) is 4.06. The highest BCUT2D eigenvalue weighted by Gasteiger charge is 2.24. The number of anilines is 1. The molecule has 3 aromatic carbocycles. The van der Waals surface area contributed by atoms with Gasteiger partial charge in [0.25, 0.3) is 0 Å². The van der Waals surface area contributed by atoms with E-state index in [1.807, 2.05) is 79.7 Å². The summed E-state index contributed by atoms with van der Waals surface area (Å²) < 4.78 is 6.54. The smallest absolute Gasteiger partial charge is 0.183 e. The summed E-state index contributed by atoms with van der Waals surface area (Å²) >= 11 is 3.54. The van der Waals surface area contributed by atoms with Crippen LogP contribution in [-0.4, -0.2) is 29.8 Å². The van der Waals surface area contributed by atoms with Gasteiger partial charge in [-0.25, -0.2) is 0 Å². The highest BCUT2D eigenvalue weighted by molar-refractivity contribution is 9.10. The summed E-state index contributed by atoms with van der Waals surface area (Å²) in [5.74, 6) is 0.292. The number of nitrogens with zero attached hydrogens (tertiary/aromatic N) is 2. The Morgan fingerprint density at radius 3 is 1.91 bits per heavy atom. The predicted octanol–water partition coefficient (Wildman–Crippen LogP) is 6.49. The van der Waals surface area contributed by atoms with Gasteiger partial charge >= 0.3 is 0 Å². The second kappa shape index (κ2) is 10.9. The second-order valence-electron chi connectivity index (χ2n) is 7.77. The Hall–Kier alpha value is -3.77. The topological polar surface area (TPSA) is 63.4 Å². The van der Waals surface area contributed by atoms with Crippen LogP contribution in [0, 0.1) is 6.92 Å². The largest absolute Gasteiger partial charge is 0.354 e. The van der Waals surface area contributed by atoms with Crippen LogP contribution in [0.3, 0.4) is 0 Å². The third kappa shape index (κ3) is 5.58. The third-order valence-corrected chi connectivity index (χ3v) is 6.08. The Morgan fingerprint density at radius 1 is 0.824 bits per heavy atom. The first-order chi connectivity index (χ1) is 16.5. The van der Waals surface area contributed by atoms with Crippen molar-refractivity contribution in [1.82, 2.24) is 5.16 Å². The lowest BCUT2D eigenvalue weighted by Gasteiger charge is -2.23. The van der Waals surface area contributed by atoms with Gasteiger partial charge in [0, 0.05) is 15.6 Å². The van der Waals surface area contributed by atoms with Gasteiger partial charge in [0.15, 0.2) is 17.3 Å². The van der Waals surface area contributed by atoms with Crippen LogP contribution in [-0.2, 0) is 0 Å². The summed E-state index contributed by atoms with van der Waals surface area (Å²) in [5.41, 5.74) is 3.36. The van der Waals surface area contributed by atoms with Crippen LogP contribution in [0.2, 0.25) is 0 Å². The minimum absolute atomic E-state index is 0.0144. The molecule has 0 N–H and O–H groups in total. The second-order valence-corrected chi connectivity index (χ2v) is 8.62. The Kier molecular flexibility index (Phi) is 7.50. The molecule has 6 heteroatoms. The molecule has 4 rings (SSSR count). The van der Waals surface area contributed by atoms with Crippen LogP contribution in [0.5, 0.6) is 0 Å². The lowest BCUT2D eigenvalue weighted by atomic mass is 10.1. The number of ketones is 2. The maximum absolute atomic E-state index is 13.1. The van der Waals surface area contributed by atoms with E-state index in [2.05, 4.69) is 21.1 Å². The molecular weight excluding hydrogens is 492 g/mol. The van der Waals surface area contributed by atoms with E-state index in [4.69, 9.17) is 4.52 Å². The summed E-state index contributed by atoms with van der Waals surface area (Å²) in [4.78, 5) is 27.9. The summed E-state index contributed by atoms with van der Waals surface area (Å²) in [5, 5.41) is 4.13. The average molecular weight is 515 g/mol. The zero-order valence-corrected chi connectivity index (χ0v) is 20.2. The molecule has 5 nitrogen and oxygen atoms in total. The van der Waals surface area contributed by atoms with Crippen LogP contribution in [0.4, 0.5) is 5.69 Å². The standard InChI is InChI=1S/C28H23BrN2O3/c1-20-28(27(34-30-20)17-16-21-10-8-9-15-24(21)29)31(18-25(32)22-11-4-2-5-12-22)19-26(33)23-13-6-3-7-14-23/h2-17H,18-19H2,1H3/b17-16+. The first-order valence-electron chi connectivity index (χ1n) is 10.8. The first-order valence-corrected chi connectivity index (χ1v) is 11.6. The first kappa shape index (κ1) is 23.4. The van der Waals surface area contributed by atoms with Crippen molar-refractivity contribution in [3.63, 3.8) is 0 Å². The van der Waals surface area contributed by atoms with E-state index < -0.39 is 0 Å². The zero-order chi connectivity index (χ0) is 23.9. The number of aromatic nitrogens is 1. The Morgan fingerprint density at radius 2 is 1.35 bits per heavy atom. The van der Waals surface area contributed by atoms with Gasteiger partial charge in [-0.2, -0.15) is 0 Å². The number of carbonyl (C=O) groups excluding carboxylic acids is 2. The molecule has 0 aliphatic heterocycles. The minimum atomic E-state index is -0.0946. The summed E-state index contributed by atoms with van der Waals surface area (Å²) in [7, 11) is 0. The van der Waals surface area contributed by atoms with Gasteiger partial charge in [-0.3, -0.25) is 9.59 Å². The van der Waals surface area contributed by atoms with E-state index in [0.29, 0.717) is 28.3 Å². The van der Waals surface area contributed by atoms with E-state index in [1.165, 1.54) is 0 Å². The number of aryl methyl sites for hydroxylation is 1. The third-order valence-electron chi connectivity index (χ3n) is 5.35. The van der Waals surface area contributed by atoms with Gasteiger partial charge < -0.3 is 9.42 Å². The number of rotatable bonds is 9. The molecule has 0 unspecified atom stereocenters. The van der Waals surface area contributed by atoms with Crippen molar-refractivity contribution in [2.24, 2.45) is 0 Å². The fraction of sp³-hybridized carbons (Fsp3) is 0.107. The minimum Gasteiger partial charge on any atom is -0.354 e. The van der Waals surface area contributed by atoms with Gasteiger partial charge in [-0.05, 0) is 30.7 Å². The number of halogens is 1. The van der Waals surface area contributed by atoms with E-state index in [1.54, 1.807) is 29.2 Å². The van der Waals surface area contributed by atoms with Crippen molar-refractivity contribution in [2.45, 2.75) is 6.92 Å². The van der Waals surface area contributed by atoms with Gasteiger partial charge in [0.05, 0.1) is 13.1 Å². The van der Waals surface area contributed by atoms with E-state index in [9.17, 15) is 9.59 Å². The van der Waals surface area contributed by atoms with E-state index in [-0.39, 0.29) is 24.7 Å². The maximum Gasteiger partial charge on any atom is 0.183 e. The summed E-state index contributed by atoms with van der Waals surface area (Å²) in [6.07, 6.45) is 3.71. The highest BCUT2D eigenvalue weighted by Crippen LogP contribution is 2.28. The molecule has 0 radical (unpaired) electrons. The molecule has 0 saturated heterocycles. The molecule has 34 heavy (non-hydrogen) atoms. The van der Waals surface area contributed by atoms with Crippen molar-refractivity contribution in [3.8, 4) is 0 Å². The zero-order valence-electron chi connectivity index (χ0n) is 18.6. The van der Waals surface area contributed by atoms with Crippen LogP contribution < -0.4 is 4.90 Å². The Bertz CT molecular complexity index is 1260. The van der Waals surface area contributed by atoms with Gasteiger partial charge in [0.1, 0.15) is 11.4 Å². The quantitative estimate of drug-likeness (QED) is 0.239. The Balaban J connectivity index is 1.68. The van der Waals surface area contributed by atoms with Crippen molar-refractivity contribution >= 4 is 45.3 Å². The lowest BCUT2D eigenvalue weighted by Crippen LogP contribution is -2.35. The van der Waals surface area contributed by atoms with Crippen LogP contribution in [0.15, 0.2) is 93.9 Å². The monoisotopic (exact) mass is 514 g/mol. The average Bonchev–Trinajstić information content (AvgIpc) is 3.24. The van der Waals surface area contributed by atoms with Gasteiger partial charge in [0.2, 0.25) is 0 Å². The molecule has 4 aromatic rings. The normalized spacial score (nSPS) is 11.0. The highest BCUT2D eigenvalue weighted by atomic mass is 79.9. The molecule has 0 spiro atoms. The number of hydrogen-bond acceptors (Lipinski definition) is 5. The van der Waals surface area contributed by atoms with Crippen LogP contribution in [0.25, 0.3) is 12.2 Å². The van der Waals surface area contributed by atoms with Crippen molar-refractivity contribution < 1.29 is 14.1 Å². The lowest BCUT2D eigenvalue weighted by molar-refractivity contribution is 0.0984. The summed E-state index contributed by atoms with van der Waals surface area (Å²) in [6, 6.07) is 25.9. The molecule has 0 aliphatic carbocycles. The molecule has 170 valence electrons. The SMILES string of the molecule is Cc1noc(/C=C/c2ccccc2Br)c1N(CC(=O)c1ccccc1)CC(=O)c1ccccc1. The molecule has 0 saturated carbocycles. The molecule has 1 heterocycles. The summed E-state index contributed by atoms with van der Waals surface area (Å²) in [6.45, 7) is 1.84. The number of hydrogen-bond donors (Lipinski definition) is 0. The molecule has 0 fully saturated rings. The van der Waals surface area contributed by atoms with E-state index in [0.717, 1.165) is 10.0 Å². The fourth-order valence-electron chi connectivity index (χ4n) is 3.64. The van der Waals surface area contributed by atoms with Gasteiger partial charge in [-0.15, -0.1) is 0 Å². The van der Waals surface area contributed by atoms with Crippen LogP contribution in [0.1, 0.15) is 37.7 Å². The van der Waals surface area contributed by atoms with E-state index >= 15 is 0 Å². The molecule has 0 atom stereocenters. The maximum atomic E-state index is 13.1. The molecule has 1 aromatic heterocycles. The van der Waals surface area contributed by atoms with Crippen LogP contribution >= 0.6 is 15.9 Å². The molecular formula is C28H23BrN2O3.